The van der Waals surface area contributed by atoms with Crippen molar-refractivity contribution in [3.05, 3.63) is 123 Å². The number of benzene rings is 3. The third-order valence-electron chi connectivity index (χ3n) is 12.3. The van der Waals surface area contributed by atoms with Gasteiger partial charge in [0.2, 0.25) is 17.7 Å². The first-order valence-corrected chi connectivity index (χ1v) is 23.9. The van der Waals surface area contributed by atoms with Crippen LogP contribution in [-0.4, -0.2) is 90.4 Å². The average molecular weight is 942 g/mol. The van der Waals surface area contributed by atoms with Crippen LogP contribution in [0.1, 0.15) is 97.7 Å². The summed E-state index contributed by atoms with van der Waals surface area (Å²) in [4.78, 5) is 66.7. The van der Waals surface area contributed by atoms with Crippen molar-refractivity contribution in [1.29, 1.82) is 0 Å². The molecule has 4 N–H and O–H groups in total. The number of amides is 4. The number of ether oxygens (including phenoxy) is 1. The van der Waals surface area contributed by atoms with Gasteiger partial charge in [0, 0.05) is 35.9 Å². The van der Waals surface area contributed by atoms with E-state index < -0.39 is 41.6 Å². The molecule has 4 amide bonds. The van der Waals surface area contributed by atoms with Crippen LogP contribution in [0, 0.1) is 33.1 Å². The van der Waals surface area contributed by atoms with Gasteiger partial charge in [-0.25, -0.2) is 4.98 Å². The second-order valence-electron chi connectivity index (χ2n) is 18.3. The van der Waals surface area contributed by atoms with Gasteiger partial charge in [0.1, 0.15) is 28.7 Å². The van der Waals surface area contributed by atoms with E-state index in [4.69, 9.17) is 9.73 Å². The molecule has 0 spiro atoms. The minimum Gasteiger partial charge on any atom is -0.484 e. The normalized spacial score (nSPS) is 17.7. The number of aromatic nitrogens is 4. The Labute approximate surface area is 397 Å². The molecule has 2 aliphatic rings. The number of nitrogens with zero attached hydrogens (tertiary/aromatic N) is 6. The number of carbonyl (C=O) groups excluding carboxylic acids is 4. The maximum atomic E-state index is 14.2. The Morgan fingerprint density at radius 2 is 1.52 bits per heavy atom. The van der Waals surface area contributed by atoms with Crippen LogP contribution in [0.4, 0.5) is 0 Å². The number of aliphatic hydroxyl groups is 1. The second-order valence-corrected chi connectivity index (χ2v) is 20.3. The molecule has 0 saturated carbocycles. The Bertz CT molecular complexity index is 2860. The zero-order valence-corrected chi connectivity index (χ0v) is 40.6. The van der Waals surface area contributed by atoms with Crippen LogP contribution in [0.25, 0.3) is 26.6 Å². The maximum Gasteiger partial charge on any atom is 0.258 e. The summed E-state index contributed by atoms with van der Waals surface area (Å²) in [5.74, 6) is 0.156. The number of β-amino-alcohol motifs (C(OH)–C–C–N with tert-alkyl or cyclic N) is 1. The largest absolute Gasteiger partial charge is 0.484 e. The summed E-state index contributed by atoms with van der Waals surface area (Å²) in [5, 5.41) is 29.2. The molecule has 2 aliphatic heterocycles. The molecule has 3 aromatic carbocycles. The van der Waals surface area contributed by atoms with E-state index in [0.29, 0.717) is 17.4 Å². The van der Waals surface area contributed by atoms with Crippen molar-refractivity contribution in [2.75, 3.05) is 13.2 Å². The van der Waals surface area contributed by atoms with Crippen LogP contribution in [0.5, 0.6) is 5.75 Å². The minimum atomic E-state index is -1.00. The zero-order valence-electron chi connectivity index (χ0n) is 39.0. The number of aliphatic hydroxyl groups excluding tert-OH is 1. The van der Waals surface area contributed by atoms with Gasteiger partial charge < -0.3 is 30.7 Å². The lowest BCUT2D eigenvalue weighted by Gasteiger charge is -2.35. The molecule has 0 radical (unpaired) electrons. The van der Waals surface area contributed by atoms with Gasteiger partial charge in [-0.05, 0) is 80.0 Å². The fourth-order valence-corrected chi connectivity index (χ4v) is 10.6. The van der Waals surface area contributed by atoms with Gasteiger partial charge in [0.05, 0.1) is 33.9 Å². The Balaban J connectivity index is 0.902. The van der Waals surface area contributed by atoms with E-state index in [1.54, 1.807) is 34.8 Å². The molecular formula is C50H55N9O6S2. The Hall–Kier alpha value is -6.56. The molecule has 0 aliphatic carbocycles. The number of fused-ring (bicyclic) bond motifs is 3. The van der Waals surface area contributed by atoms with Crippen molar-refractivity contribution in [2.24, 2.45) is 10.4 Å². The summed E-state index contributed by atoms with van der Waals surface area (Å²) in [6.45, 7) is 16.5. The van der Waals surface area contributed by atoms with Crippen molar-refractivity contribution >= 4 is 52.0 Å². The van der Waals surface area contributed by atoms with E-state index in [-0.39, 0.29) is 37.4 Å². The molecule has 1 saturated heterocycles. The number of hydrogen-bond donors (Lipinski definition) is 4. The molecule has 348 valence electrons. The monoisotopic (exact) mass is 941 g/mol. The lowest BCUT2D eigenvalue weighted by atomic mass is 9.85. The third kappa shape index (κ3) is 9.80. The number of likely N-dealkylation sites (tertiary alicyclic amines) is 1. The fraction of sp³-hybridized carbons (Fsp3) is 0.360. The smallest absolute Gasteiger partial charge is 0.258 e. The molecule has 17 heteroatoms. The lowest BCUT2D eigenvalue weighted by molar-refractivity contribution is -0.144. The molecule has 67 heavy (non-hydrogen) atoms. The standard InChI is InChI=1S/C50H55N9O6S2/c1-26-29(4)67-49-41(26)42(55-45(53-31(6)60)46-57-56-30(5)59(46)49)35-14-12-33(13-15-35)34-18-20-38(21-19-34)65-24-40(62)54-44(50(7,8)9)48(64)58-23-37(61)22-39(58)47(63)52-27(2)32-10-16-36(17-11-32)43-28(3)51-25-66-43/h10-21,25,27,37,39,44-45,61H,22-24H2,1-9H3,(H,52,63)(H,53,60)(H,54,62)/t27-,37+,39-,44+,45?/m0/s1. The highest BCUT2D eigenvalue weighted by Gasteiger charge is 2.45. The van der Waals surface area contributed by atoms with E-state index in [2.05, 4.69) is 45.0 Å². The summed E-state index contributed by atoms with van der Waals surface area (Å²) < 4.78 is 7.88. The minimum absolute atomic E-state index is 0.0325. The zero-order chi connectivity index (χ0) is 47.9. The van der Waals surface area contributed by atoms with E-state index in [9.17, 15) is 24.3 Å². The van der Waals surface area contributed by atoms with Crippen molar-refractivity contribution in [3.63, 3.8) is 0 Å². The SMILES string of the molecule is CC(=O)NC1N=C(c2ccc(-c3ccc(OCC(=O)N[C@H](C(=O)N4C[C@H](O)C[C@H]4C(=O)N[C@@H](C)c4ccc(-c5scnc5C)cc4)C(C)(C)C)cc3)cc2)c2c(sc(C)c2C)-n2c(C)nnc21. The Kier molecular flexibility index (Phi) is 13.3. The van der Waals surface area contributed by atoms with Crippen LogP contribution >= 0.6 is 22.7 Å². The third-order valence-corrected chi connectivity index (χ3v) is 14.4. The van der Waals surface area contributed by atoms with Crippen molar-refractivity contribution in [2.45, 2.75) is 99.1 Å². The molecule has 5 atom stereocenters. The maximum absolute atomic E-state index is 14.2. The van der Waals surface area contributed by atoms with Gasteiger partial charge in [0.15, 0.2) is 18.6 Å². The average Bonchev–Trinajstić information content (AvgIpc) is 4.06. The quantitative estimate of drug-likeness (QED) is 0.0992. The number of carbonyl (C=O) groups is 4. The summed E-state index contributed by atoms with van der Waals surface area (Å²) in [5.41, 5.74) is 9.56. The number of hydrogen-bond acceptors (Lipinski definition) is 12. The summed E-state index contributed by atoms with van der Waals surface area (Å²) >= 11 is 3.22. The van der Waals surface area contributed by atoms with Gasteiger partial charge in [0.25, 0.3) is 5.91 Å². The van der Waals surface area contributed by atoms with E-state index in [0.717, 1.165) is 65.1 Å². The molecule has 15 nitrogen and oxygen atoms in total. The topological polar surface area (TPSA) is 193 Å². The van der Waals surface area contributed by atoms with Gasteiger partial charge in [-0.3, -0.25) is 28.7 Å². The Morgan fingerprint density at radius 3 is 2.15 bits per heavy atom. The first-order valence-electron chi connectivity index (χ1n) is 22.2. The first kappa shape index (κ1) is 47.0. The molecule has 5 heterocycles. The summed E-state index contributed by atoms with van der Waals surface area (Å²) in [6.07, 6.45) is -1.54. The van der Waals surface area contributed by atoms with Crippen LogP contribution in [0.15, 0.2) is 83.3 Å². The Morgan fingerprint density at radius 1 is 0.881 bits per heavy atom. The molecule has 3 aromatic heterocycles. The molecule has 1 fully saturated rings. The molecule has 6 aromatic rings. The van der Waals surface area contributed by atoms with Gasteiger partial charge in [-0.2, -0.15) is 0 Å². The van der Waals surface area contributed by atoms with Crippen LogP contribution in [0.3, 0.4) is 0 Å². The number of aliphatic imine (C=N–C) groups is 1. The second kappa shape index (κ2) is 19.0. The molecule has 1 unspecified atom stereocenters. The van der Waals surface area contributed by atoms with Gasteiger partial charge >= 0.3 is 0 Å². The fourth-order valence-electron chi connectivity index (χ4n) is 8.54. The van der Waals surface area contributed by atoms with Crippen molar-refractivity contribution in [3.8, 4) is 32.3 Å². The number of thiazole rings is 1. The summed E-state index contributed by atoms with van der Waals surface area (Å²) in [6, 6.07) is 21.1. The van der Waals surface area contributed by atoms with Gasteiger partial charge in [-0.15, -0.1) is 32.9 Å². The predicted octanol–water partition coefficient (Wildman–Crippen LogP) is 7.09. The lowest BCUT2D eigenvalue weighted by Crippen LogP contribution is -2.58. The molecule has 8 rings (SSSR count). The van der Waals surface area contributed by atoms with Crippen molar-refractivity contribution in [1.82, 2.24) is 40.6 Å². The predicted molar refractivity (Wildman–Crippen MR) is 259 cm³/mol. The van der Waals surface area contributed by atoms with E-state index in [1.807, 2.05) is 112 Å². The molecular weight excluding hydrogens is 887 g/mol. The van der Waals surface area contributed by atoms with Crippen molar-refractivity contribution < 1.29 is 29.0 Å². The van der Waals surface area contributed by atoms with Crippen LogP contribution in [0.2, 0.25) is 0 Å². The van der Waals surface area contributed by atoms with E-state index >= 15 is 0 Å². The molecule has 0 bridgehead atoms. The number of rotatable bonds is 12. The van der Waals surface area contributed by atoms with Gasteiger partial charge in [-0.1, -0.05) is 81.4 Å². The first-order chi connectivity index (χ1) is 31.9. The van der Waals surface area contributed by atoms with Crippen LogP contribution < -0.4 is 20.7 Å². The van der Waals surface area contributed by atoms with E-state index in [1.165, 1.54) is 11.8 Å². The highest BCUT2D eigenvalue weighted by molar-refractivity contribution is 7.15. The van der Waals surface area contributed by atoms with Crippen LogP contribution in [-0.2, 0) is 19.2 Å². The number of nitrogens with one attached hydrogen (secondary N) is 3. The number of thiophene rings is 1. The highest BCUT2D eigenvalue weighted by Crippen LogP contribution is 2.39. The number of aryl methyl sites for hydroxylation is 3. The summed E-state index contributed by atoms with van der Waals surface area (Å²) in [7, 11) is 0. The highest BCUT2D eigenvalue weighted by atomic mass is 32.1.